The molecule has 1 atom stereocenters. The first-order chi connectivity index (χ1) is 12.5. The Morgan fingerprint density at radius 1 is 1.31 bits per heavy atom. The Morgan fingerprint density at radius 2 is 2.08 bits per heavy atom. The summed E-state index contributed by atoms with van der Waals surface area (Å²) in [6, 6.07) is 0. The van der Waals surface area contributed by atoms with E-state index < -0.39 is 0 Å². The second-order valence-corrected chi connectivity index (χ2v) is 8.73. The zero-order chi connectivity index (χ0) is 18.6. The van der Waals surface area contributed by atoms with Crippen molar-refractivity contribution in [3.8, 4) is 0 Å². The Bertz CT molecular complexity index is 494. The van der Waals surface area contributed by atoms with Gasteiger partial charge in [-0.25, -0.2) is 0 Å². The van der Waals surface area contributed by atoms with Gasteiger partial charge in [-0.3, -0.25) is 9.59 Å². The second kappa shape index (κ2) is 8.70. The molecule has 2 amide bonds. The van der Waals surface area contributed by atoms with E-state index in [1.165, 1.54) is 6.42 Å². The minimum Gasteiger partial charge on any atom is -0.376 e. The molecule has 0 aliphatic carbocycles. The van der Waals surface area contributed by atoms with Crippen LogP contribution >= 0.6 is 0 Å². The highest BCUT2D eigenvalue weighted by Gasteiger charge is 2.45. The summed E-state index contributed by atoms with van der Waals surface area (Å²) in [6.07, 6.45) is 5.98. The molecule has 1 unspecified atom stereocenters. The zero-order valence-corrected chi connectivity index (χ0v) is 16.4. The summed E-state index contributed by atoms with van der Waals surface area (Å²) in [5.41, 5.74) is 0.0829. The molecule has 0 aromatic carbocycles. The number of hydrogen-bond acceptors (Lipinski definition) is 4. The third-order valence-corrected chi connectivity index (χ3v) is 5.97. The van der Waals surface area contributed by atoms with Gasteiger partial charge in [0.15, 0.2) is 0 Å². The fraction of sp³-hybridized carbons (Fsp3) is 0.900. The minimum atomic E-state index is 0.0685. The van der Waals surface area contributed by atoms with Gasteiger partial charge in [-0.05, 0) is 38.0 Å². The lowest BCUT2D eigenvalue weighted by Gasteiger charge is -2.39. The molecule has 0 saturated carbocycles. The Morgan fingerprint density at radius 3 is 2.73 bits per heavy atom. The molecule has 26 heavy (non-hydrogen) atoms. The SMILES string of the molecule is CC(C)CN1CC2(CCN(C(=O)COCC3CCCCO3)CC2)CC1=O. The fourth-order valence-electron chi connectivity index (χ4n) is 4.46. The Kier molecular flexibility index (Phi) is 6.56. The van der Waals surface area contributed by atoms with Gasteiger partial charge in [0, 0.05) is 44.6 Å². The van der Waals surface area contributed by atoms with Crippen molar-refractivity contribution in [3.63, 3.8) is 0 Å². The van der Waals surface area contributed by atoms with E-state index in [1.54, 1.807) is 0 Å². The Labute approximate surface area is 157 Å². The molecule has 3 saturated heterocycles. The van der Waals surface area contributed by atoms with Crippen LogP contribution in [-0.2, 0) is 19.1 Å². The van der Waals surface area contributed by atoms with Gasteiger partial charge in [0.25, 0.3) is 0 Å². The number of carbonyl (C=O) groups excluding carboxylic acids is 2. The van der Waals surface area contributed by atoms with Crippen LogP contribution in [-0.4, -0.2) is 73.7 Å². The molecule has 3 aliphatic rings. The maximum atomic E-state index is 12.4. The van der Waals surface area contributed by atoms with Crippen LogP contribution in [0.1, 0.15) is 52.4 Å². The quantitative estimate of drug-likeness (QED) is 0.722. The van der Waals surface area contributed by atoms with E-state index in [2.05, 4.69) is 13.8 Å². The summed E-state index contributed by atoms with van der Waals surface area (Å²) in [5.74, 6) is 0.856. The van der Waals surface area contributed by atoms with E-state index in [9.17, 15) is 9.59 Å². The van der Waals surface area contributed by atoms with Gasteiger partial charge in [0.05, 0.1) is 12.7 Å². The second-order valence-electron chi connectivity index (χ2n) is 8.73. The first kappa shape index (κ1) is 19.6. The van der Waals surface area contributed by atoms with Crippen LogP contribution in [0.5, 0.6) is 0 Å². The van der Waals surface area contributed by atoms with E-state index >= 15 is 0 Å². The molecule has 0 radical (unpaired) electrons. The zero-order valence-electron chi connectivity index (χ0n) is 16.4. The van der Waals surface area contributed by atoms with E-state index in [1.807, 2.05) is 9.80 Å². The number of amides is 2. The summed E-state index contributed by atoms with van der Waals surface area (Å²) >= 11 is 0. The van der Waals surface area contributed by atoms with Crippen molar-refractivity contribution < 1.29 is 19.1 Å². The van der Waals surface area contributed by atoms with Crippen molar-refractivity contribution in [1.82, 2.24) is 9.80 Å². The minimum absolute atomic E-state index is 0.0685. The van der Waals surface area contributed by atoms with E-state index in [-0.39, 0.29) is 29.9 Å². The number of rotatable bonds is 6. The van der Waals surface area contributed by atoms with Crippen molar-refractivity contribution in [1.29, 1.82) is 0 Å². The molecule has 6 nitrogen and oxygen atoms in total. The van der Waals surface area contributed by atoms with E-state index in [0.29, 0.717) is 18.9 Å². The number of ether oxygens (including phenoxy) is 2. The smallest absolute Gasteiger partial charge is 0.248 e. The maximum absolute atomic E-state index is 12.4. The molecule has 1 spiro atoms. The summed E-state index contributed by atoms with van der Waals surface area (Å²) in [4.78, 5) is 28.6. The van der Waals surface area contributed by atoms with Crippen molar-refractivity contribution in [2.75, 3.05) is 46.0 Å². The van der Waals surface area contributed by atoms with Crippen LogP contribution < -0.4 is 0 Å². The van der Waals surface area contributed by atoms with Crippen LogP contribution in [0, 0.1) is 11.3 Å². The lowest BCUT2D eigenvalue weighted by atomic mass is 9.77. The van der Waals surface area contributed by atoms with Gasteiger partial charge >= 0.3 is 0 Å². The highest BCUT2D eigenvalue weighted by molar-refractivity contribution is 5.80. The van der Waals surface area contributed by atoms with Crippen LogP contribution in [0.15, 0.2) is 0 Å². The summed E-state index contributed by atoms with van der Waals surface area (Å²) in [7, 11) is 0. The molecule has 6 heteroatoms. The van der Waals surface area contributed by atoms with Gasteiger partial charge in [-0.15, -0.1) is 0 Å². The molecular weight excluding hydrogens is 332 g/mol. The molecule has 3 heterocycles. The number of hydrogen-bond donors (Lipinski definition) is 0. The van der Waals surface area contributed by atoms with Gasteiger partial charge in [0.2, 0.25) is 11.8 Å². The predicted octanol–water partition coefficient (Wildman–Crippen LogP) is 2.07. The average molecular weight is 367 g/mol. The number of carbonyl (C=O) groups is 2. The third kappa shape index (κ3) is 4.97. The van der Waals surface area contributed by atoms with Crippen LogP contribution in [0.2, 0.25) is 0 Å². The van der Waals surface area contributed by atoms with Crippen molar-refractivity contribution >= 4 is 11.8 Å². The molecular formula is C20H34N2O4. The molecule has 0 N–H and O–H groups in total. The Balaban J connectivity index is 1.39. The first-order valence-electron chi connectivity index (χ1n) is 10.2. The highest BCUT2D eigenvalue weighted by Crippen LogP contribution is 2.41. The molecule has 3 fully saturated rings. The van der Waals surface area contributed by atoms with Gasteiger partial charge < -0.3 is 19.3 Å². The van der Waals surface area contributed by atoms with Crippen LogP contribution in [0.3, 0.4) is 0 Å². The number of nitrogens with zero attached hydrogens (tertiary/aromatic N) is 2. The molecule has 148 valence electrons. The molecule has 0 bridgehead atoms. The van der Waals surface area contributed by atoms with Crippen LogP contribution in [0.4, 0.5) is 0 Å². The van der Waals surface area contributed by atoms with Gasteiger partial charge in [-0.2, -0.15) is 0 Å². The lowest BCUT2D eigenvalue weighted by Crippen LogP contribution is -2.45. The number of piperidine rings is 1. The van der Waals surface area contributed by atoms with Crippen molar-refractivity contribution in [3.05, 3.63) is 0 Å². The summed E-state index contributed by atoms with van der Waals surface area (Å²) in [6.45, 7) is 8.96. The summed E-state index contributed by atoms with van der Waals surface area (Å²) < 4.78 is 11.2. The van der Waals surface area contributed by atoms with Crippen LogP contribution in [0.25, 0.3) is 0 Å². The van der Waals surface area contributed by atoms with Gasteiger partial charge in [0.1, 0.15) is 6.61 Å². The first-order valence-corrected chi connectivity index (χ1v) is 10.2. The lowest BCUT2D eigenvalue weighted by molar-refractivity contribution is -0.140. The molecule has 0 aromatic heterocycles. The highest BCUT2D eigenvalue weighted by atomic mass is 16.5. The molecule has 0 aromatic rings. The monoisotopic (exact) mass is 366 g/mol. The Hall–Kier alpha value is -1.14. The normalized spacial score (nSPS) is 26.1. The number of likely N-dealkylation sites (tertiary alicyclic amines) is 2. The standard InChI is InChI=1S/C20H34N2O4/c1-16(2)12-22-15-20(11-18(22)23)6-8-21(9-7-20)19(24)14-25-13-17-5-3-4-10-26-17/h16-17H,3-15H2,1-2H3. The van der Waals surface area contributed by atoms with E-state index in [0.717, 1.165) is 58.5 Å². The average Bonchev–Trinajstić information content (AvgIpc) is 2.90. The topological polar surface area (TPSA) is 59.1 Å². The van der Waals surface area contributed by atoms with Crippen molar-refractivity contribution in [2.45, 2.75) is 58.5 Å². The van der Waals surface area contributed by atoms with Crippen molar-refractivity contribution in [2.24, 2.45) is 11.3 Å². The maximum Gasteiger partial charge on any atom is 0.248 e. The largest absolute Gasteiger partial charge is 0.376 e. The fourth-order valence-corrected chi connectivity index (χ4v) is 4.46. The molecule has 3 aliphatic heterocycles. The third-order valence-electron chi connectivity index (χ3n) is 5.97. The summed E-state index contributed by atoms with van der Waals surface area (Å²) in [5, 5.41) is 0. The predicted molar refractivity (Wildman–Crippen MR) is 98.7 cm³/mol. The molecule has 3 rings (SSSR count). The van der Waals surface area contributed by atoms with E-state index in [4.69, 9.17) is 9.47 Å². The van der Waals surface area contributed by atoms with Gasteiger partial charge in [-0.1, -0.05) is 13.8 Å².